The molecule has 0 fully saturated rings. The van der Waals surface area contributed by atoms with Crippen LogP contribution in [-0.2, 0) is 28.6 Å². The number of esters is 3. The van der Waals surface area contributed by atoms with Crippen molar-refractivity contribution in [2.24, 2.45) is 0 Å². The normalized spacial score (nSPS) is 13.4. The van der Waals surface area contributed by atoms with Gasteiger partial charge in [-0.15, -0.1) is 0 Å². The molecular weight excluding hydrogens is 853 g/mol. The molecular formula is C63H96O6. The van der Waals surface area contributed by atoms with E-state index in [1.807, 2.05) is 12.2 Å². The molecule has 0 aliphatic heterocycles. The fourth-order valence-electron chi connectivity index (χ4n) is 6.51. The highest BCUT2D eigenvalue weighted by Gasteiger charge is 2.19. The highest BCUT2D eigenvalue weighted by molar-refractivity contribution is 5.71. The van der Waals surface area contributed by atoms with Crippen molar-refractivity contribution in [3.8, 4) is 0 Å². The van der Waals surface area contributed by atoms with Gasteiger partial charge in [0.2, 0.25) is 0 Å². The largest absolute Gasteiger partial charge is 0.462 e. The maximum absolute atomic E-state index is 12.8. The number of allylic oxidation sites excluding steroid dienone is 26. The Hall–Kier alpha value is -4.97. The van der Waals surface area contributed by atoms with E-state index in [2.05, 4.69) is 167 Å². The second-order valence-corrected chi connectivity index (χ2v) is 17.0. The topological polar surface area (TPSA) is 78.9 Å². The van der Waals surface area contributed by atoms with Crippen molar-refractivity contribution in [3.05, 3.63) is 158 Å². The Morgan fingerprint density at radius 3 is 0.986 bits per heavy atom. The number of carbonyl (C=O) groups is 3. The summed E-state index contributed by atoms with van der Waals surface area (Å²) in [5, 5.41) is 0. The van der Waals surface area contributed by atoms with Gasteiger partial charge in [-0.3, -0.25) is 14.4 Å². The lowest BCUT2D eigenvalue weighted by Crippen LogP contribution is -2.30. The Bertz CT molecular complexity index is 1610. The third-order valence-electron chi connectivity index (χ3n) is 10.5. The zero-order valence-electron chi connectivity index (χ0n) is 43.8. The summed E-state index contributed by atoms with van der Waals surface area (Å²) in [4.78, 5) is 38.0. The Kier molecular flexibility index (Phi) is 51.6. The molecule has 0 bridgehead atoms. The predicted molar refractivity (Wildman–Crippen MR) is 297 cm³/mol. The quantitative estimate of drug-likeness (QED) is 0.0262. The molecule has 0 saturated carbocycles. The number of hydrogen-bond acceptors (Lipinski definition) is 6. The standard InChI is InChI=1S/C63H96O6/c1-4-7-10-13-16-19-22-24-26-28-30-31-33-34-36-38-41-44-47-50-53-56-62(65)68-59-60(58-67-61(64)55-52-49-46-43-40-21-18-15-12-9-6-3)69-63(66)57-54-51-48-45-42-39-37-35-32-29-27-25-23-20-17-14-11-8-5-2/h7-8,10-11,15-20,24-27,30-32,34-36,39,41-42,44,48,51,60H,4-6,9,12-14,21-23,28-29,33,37-38,40,43,45-47,49-50,52-59H2,1-3H3/b10-7-,11-8-,18-15-,19-16-,20-17-,26-24-,27-25-,31-30-,35-32-,36-34-,42-39-,44-41-,51-48-. The molecule has 0 amide bonds. The number of carbonyl (C=O) groups excluding carboxylic acids is 3. The van der Waals surface area contributed by atoms with Crippen LogP contribution in [0.2, 0.25) is 0 Å². The Morgan fingerprint density at radius 1 is 0.304 bits per heavy atom. The summed E-state index contributed by atoms with van der Waals surface area (Å²) in [5.41, 5.74) is 0. The molecule has 1 atom stereocenters. The summed E-state index contributed by atoms with van der Waals surface area (Å²) in [6.07, 6.45) is 81.0. The Morgan fingerprint density at radius 2 is 0.594 bits per heavy atom. The maximum Gasteiger partial charge on any atom is 0.306 e. The number of rotatable bonds is 46. The van der Waals surface area contributed by atoms with Crippen LogP contribution in [-0.4, -0.2) is 37.2 Å². The van der Waals surface area contributed by atoms with Crippen LogP contribution in [0, 0.1) is 0 Å². The van der Waals surface area contributed by atoms with Crippen LogP contribution in [0.1, 0.15) is 201 Å². The van der Waals surface area contributed by atoms with Crippen LogP contribution >= 0.6 is 0 Å². The van der Waals surface area contributed by atoms with E-state index in [9.17, 15) is 14.4 Å². The van der Waals surface area contributed by atoms with Gasteiger partial charge in [0, 0.05) is 19.3 Å². The van der Waals surface area contributed by atoms with Gasteiger partial charge in [0.15, 0.2) is 6.10 Å². The van der Waals surface area contributed by atoms with Gasteiger partial charge in [-0.1, -0.05) is 211 Å². The molecule has 0 rings (SSSR count). The van der Waals surface area contributed by atoms with Gasteiger partial charge in [-0.2, -0.15) is 0 Å². The fourth-order valence-corrected chi connectivity index (χ4v) is 6.51. The van der Waals surface area contributed by atoms with Crippen molar-refractivity contribution < 1.29 is 28.6 Å². The van der Waals surface area contributed by atoms with Crippen LogP contribution in [0.4, 0.5) is 0 Å². The molecule has 0 aliphatic rings. The van der Waals surface area contributed by atoms with Gasteiger partial charge in [-0.05, 0) is 128 Å². The third-order valence-corrected chi connectivity index (χ3v) is 10.5. The van der Waals surface area contributed by atoms with E-state index in [1.54, 1.807) is 0 Å². The van der Waals surface area contributed by atoms with E-state index < -0.39 is 12.1 Å². The van der Waals surface area contributed by atoms with Crippen molar-refractivity contribution >= 4 is 17.9 Å². The van der Waals surface area contributed by atoms with Crippen LogP contribution in [0.3, 0.4) is 0 Å². The number of ether oxygens (including phenoxy) is 3. The summed E-state index contributed by atoms with van der Waals surface area (Å²) in [5.74, 6) is -1.09. The molecule has 0 aromatic carbocycles. The van der Waals surface area contributed by atoms with Crippen molar-refractivity contribution in [1.29, 1.82) is 0 Å². The monoisotopic (exact) mass is 949 g/mol. The van der Waals surface area contributed by atoms with Crippen molar-refractivity contribution in [3.63, 3.8) is 0 Å². The van der Waals surface area contributed by atoms with Gasteiger partial charge in [0.1, 0.15) is 13.2 Å². The van der Waals surface area contributed by atoms with Gasteiger partial charge in [-0.25, -0.2) is 0 Å². The average Bonchev–Trinajstić information content (AvgIpc) is 3.35. The molecule has 384 valence electrons. The molecule has 0 N–H and O–H groups in total. The Labute approximate surface area is 422 Å². The number of hydrogen-bond donors (Lipinski definition) is 0. The van der Waals surface area contributed by atoms with Crippen molar-refractivity contribution in [2.45, 2.75) is 207 Å². The van der Waals surface area contributed by atoms with Gasteiger partial charge < -0.3 is 14.2 Å². The van der Waals surface area contributed by atoms with E-state index in [1.165, 1.54) is 19.3 Å². The van der Waals surface area contributed by atoms with E-state index >= 15 is 0 Å². The van der Waals surface area contributed by atoms with Gasteiger partial charge in [0.05, 0.1) is 0 Å². The molecule has 1 unspecified atom stereocenters. The maximum atomic E-state index is 12.8. The molecule has 0 radical (unpaired) electrons. The smallest absolute Gasteiger partial charge is 0.306 e. The summed E-state index contributed by atoms with van der Waals surface area (Å²) < 4.78 is 16.7. The lowest BCUT2D eigenvalue weighted by Gasteiger charge is -2.18. The van der Waals surface area contributed by atoms with E-state index in [4.69, 9.17) is 14.2 Å². The molecule has 0 heterocycles. The highest BCUT2D eigenvalue weighted by Crippen LogP contribution is 2.11. The van der Waals surface area contributed by atoms with E-state index in [0.29, 0.717) is 19.3 Å². The lowest BCUT2D eigenvalue weighted by molar-refractivity contribution is -0.166. The van der Waals surface area contributed by atoms with Crippen molar-refractivity contribution in [1.82, 2.24) is 0 Å². The summed E-state index contributed by atoms with van der Waals surface area (Å²) in [7, 11) is 0. The predicted octanol–water partition coefficient (Wildman–Crippen LogP) is 18.2. The minimum absolute atomic E-state index is 0.134. The van der Waals surface area contributed by atoms with Crippen LogP contribution in [0.5, 0.6) is 0 Å². The van der Waals surface area contributed by atoms with E-state index in [0.717, 1.165) is 128 Å². The minimum Gasteiger partial charge on any atom is -0.462 e. The number of unbranched alkanes of at least 4 members (excludes halogenated alkanes) is 9. The van der Waals surface area contributed by atoms with Crippen LogP contribution in [0.25, 0.3) is 0 Å². The second kappa shape index (κ2) is 55.6. The molecule has 69 heavy (non-hydrogen) atoms. The summed E-state index contributed by atoms with van der Waals surface area (Å²) >= 11 is 0. The first-order valence-corrected chi connectivity index (χ1v) is 27.0. The third kappa shape index (κ3) is 53.8. The second-order valence-electron chi connectivity index (χ2n) is 17.0. The highest BCUT2D eigenvalue weighted by atomic mass is 16.6. The van der Waals surface area contributed by atoms with Crippen LogP contribution < -0.4 is 0 Å². The zero-order chi connectivity index (χ0) is 50.0. The van der Waals surface area contributed by atoms with Gasteiger partial charge in [0.25, 0.3) is 0 Å². The average molecular weight is 949 g/mol. The minimum atomic E-state index is -0.847. The Balaban J connectivity index is 4.59. The lowest BCUT2D eigenvalue weighted by atomic mass is 10.1. The van der Waals surface area contributed by atoms with Crippen molar-refractivity contribution in [2.75, 3.05) is 13.2 Å². The first-order valence-electron chi connectivity index (χ1n) is 27.0. The fraction of sp³-hybridized carbons (Fsp3) is 0.540. The van der Waals surface area contributed by atoms with E-state index in [-0.39, 0.29) is 38.0 Å². The molecule has 0 aromatic rings. The van der Waals surface area contributed by atoms with Crippen LogP contribution in [0.15, 0.2) is 158 Å². The first-order chi connectivity index (χ1) is 34.0. The molecule has 6 nitrogen and oxygen atoms in total. The zero-order valence-corrected chi connectivity index (χ0v) is 43.8. The molecule has 0 spiro atoms. The van der Waals surface area contributed by atoms with Gasteiger partial charge >= 0.3 is 17.9 Å². The summed E-state index contributed by atoms with van der Waals surface area (Å²) in [6.45, 7) is 6.24. The SMILES string of the molecule is CC/C=C\C/C=C\C/C=C\C/C=C\C/C=C\C/C=C\CCCCC(=O)OCC(COC(=O)CCCCCCC/C=C\CCCC)OC(=O)CC/C=C\C/C=C\C/C=C\C/C=C\C/C=C\C/C=C\CC. The molecule has 0 aliphatic carbocycles. The molecule has 6 heteroatoms. The molecule has 0 aromatic heterocycles. The first kappa shape index (κ1) is 64.0. The summed E-state index contributed by atoms with van der Waals surface area (Å²) in [6, 6.07) is 0. The molecule has 0 saturated heterocycles.